The van der Waals surface area contributed by atoms with Gasteiger partial charge in [0.05, 0.1) is 5.52 Å². The van der Waals surface area contributed by atoms with Gasteiger partial charge in [-0.3, -0.25) is 0 Å². The Bertz CT molecular complexity index is 1010. The van der Waals surface area contributed by atoms with Crippen molar-refractivity contribution in [1.82, 2.24) is 24.8 Å². The number of hydrogen-bond donors (Lipinski definition) is 2. The fourth-order valence-electron chi connectivity index (χ4n) is 4.24. The van der Waals surface area contributed by atoms with E-state index >= 15 is 0 Å². The summed E-state index contributed by atoms with van der Waals surface area (Å²) in [6.07, 6.45) is 12.6. The smallest absolute Gasteiger partial charge is 0.222 e. The van der Waals surface area contributed by atoms with E-state index in [1.807, 2.05) is 12.4 Å². The molecule has 2 aromatic heterocycles. The summed E-state index contributed by atoms with van der Waals surface area (Å²) >= 11 is 0. The molecule has 2 N–H and O–H groups in total. The van der Waals surface area contributed by atoms with Crippen LogP contribution in [0.5, 0.6) is 0 Å². The fourth-order valence-corrected chi connectivity index (χ4v) is 4.24. The largest absolute Gasteiger partial charge is 0.367 e. The molecule has 0 unspecified atom stereocenters. The standard InChI is InChI=1S/C23H29N7/c1-30(2)19-8-6-17(7-9-19)28-22-20-11-15(3-10-21(20)26-14-27-22)16-12-24-23(25-13-16)29-18-4-5-18/h3,10-14,17-19H,4-9H2,1-2H3,(H,24,25,29)(H,26,27,28). The Morgan fingerprint density at radius 2 is 1.50 bits per heavy atom. The average Bonchev–Trinajstić information content (AvgIpc) is 3.59. The van der Waals surface area contributed by atoms with Crippen LogP contribution in [-0.4, -0.2) is 57.1 Å². The lowest BCUT2D eigenvalue weighted by Crippen LogP contribution is -2.36. The zero-order valence-electron chi connectivity index (χ0n) is 17.7. The molecular weight excluding hydrogens is 374 g/mol. The van der Waals surface area contributed by atoms with Crippen LogP contribution in [0.2, 0.25) is 0 Å². The third-order valence-corrected chi connectivity index (χ3v) is 6.30. The monoisotopic (exact) mass is 403 g/mol. The Kier molecular flexibility index (Phi) is 5.21. The highest BCUT2D eigenvalue weighted by atomic mass is 15.1. The molecule has 2 fully saturated rings. The Morgan fingerprint density at radius 1 is 0.800 bits per heavy atom. The van der Waals surface area contributed by atoms with Gasteiger partial charge in [0.25, 0.3) is 0 Å². The van der Waals surface area contributed by atoms with Crippen LogP contribution >= 0.6 is 0 Å². The van der Waals surface area contributed by atoms with Crippen molar-refractivity contribution < 1.29 is 0 Å². The van der Waals surface area contributed by atoms with E-state index in [4.69, 9.17) is 0 Å². The molecule has 5 rings (SSSR count). The summed E-state index contributed by atoms with van der Waals surface area (Å²) in [5.74, 6) is 1.63. The number of aromatic nitrogens is 4. The van der Waals surface area contributed by atoms with E-state index in [-0.39, 0.29) is 0 Å². The Labute approximate surface area is 177 Å². The molecule has 0 radical (unpaired) electrons. The second kappa shape index (κ2) is 8.14. The first-order valence-corrected chi connectivity index (χ1v) is 10.9. The van der Waals surface area contributed by atoms with Crippen LogP contribution in [0.4, 0.5) is 11.8 Å². The van der Waals surface area contributed by atoms with Crippen molar-refractivity contribution in [3.05, 3.63) is 36.9 Å². The molecule has 2 aliphatic carbocycles. The van der Waals surface area contributed by atoms with Gasteiger partial charge in [-0.05, 0) is 70.3 Å². The molecule has 2 saturated carbocycles. The minimum Gasteiger partial charge on any atom is -0.367 e. The third kappa shape index (κ3) is 4.21. The highest BCUT2D eigenvalue weighted by molar-refractivity contribution is 5.92. The molecule has 0 saturated heterocycles. The third-order valence-electron chi connectivity index (χ3n) is 6.30. The van der Waals surface area contributed by atoms with Gasteiger partial charge in [0.15, 0.2) is 0 Å². The van der Waals surface area contributed by atoms with E-state index in [9.17, 15) is 0 Å². The van der Waals surface area contributed by atoms with Crippen molar-refractivity contribution in [3.63, 3.8) is 0 Å². The highest BCUT2D eigenvalue weighted by Crippen LogP contribution is 2.30. The van der Waals surface area contributed by atoms with Crippen LogP contribution in [0.3, 0.4) is 0 Å². The Morgan fingerprint density at radius 3 is 2.20 bits per heavy atom. The first kappa shape index (κ1) is 19.2. The van der Waals surface area contributed by atoms with Crippen molar-refractivity contribution in [2.75, 3.05) is 24.7 Å². The second-order valence-electron chi connectivity index (χ2n) is 8.78. The lowest BCUT2D eigenvalue weighted by Gasteiger charge is -2.33. The molecule has 2 aliphatic rings. The number of anilines is 2. The normalized spacial score (nSPS) is 21.7. The summed E-state index contributed by atoms with van der Waals surface area (Å²) < 4.78 is 0. The number of rotatable bonds is 6. The van der Waals surface area contributed by atoms with Crippen LogP contribution in [0.25, 0.3) is 22.0 Å². The van der Waals surface area contributed by atoms with Crippen LogP contribution < -0.4 is 10.6 Å². The van der Waals surface area contributed by atoms with Gasteiger partial charge in [-0.15, -0.1) is 0 Å². The van der Waals surface area contributed by atoms with Gasteiger partial charge < -0.3 is 15.5 Å². The molecule has 0 aliphatic heterocycles. The summed E-state index contributed by atoms with van der Waals surface area (Å²) in [6.45, 7) is 0. The molecular formula is C23H29N7. The predicted molar refractivity (Wildman–Crippen MR) is 121 cm³/mol. The van der Waals surface area contributed by atoms with Gasteiger partial charge in [-0.1, -0.05) is 6.07 Å². The summed E-state index contributed by atoms with van der Waals surface area (Å²) in [4.78, 5) is 20.3. The van der Waals surface area contributed by atoms with E-state index < -0.39 is 0 Å². The maximum absolute atomic E-state index is 4.57. The van der Waals surface area contributed by atoms with Gasteiger partial charge >= 0.3 is 0 Å². The molecule has 156 valence electrons. The summed E-state index contributed by atoms with van der Waals surface area (Å²) in [5.41, 5.74) is 3.03. The number of fused-ring (bicyclic) bond motifs is 1. The Balaban J connectivity index is 1.36. The van der Waals surface area contributed by atoms with Gasteiger partial charge in [-0.2, -0.15) is 0 Å². The van der Waals surface area contributed by atoms with Crippen LogP contribution in [-0.2, 0) is 0 Å². The van der Waals surface area contributed by atoms with E-state index in [1.165, 1.54) is 25.7 Å². The highest BCUT2D eigenvalue weighted by Gasteiger charge is 2.23. The number of hydrogen-bond acceptors (Lipinski definition) is 7. The van der Waals surface area contributed by atoms with Crippen LogP contribution in [0.15, 0.2) is 36.9 Å². The van der Waals surface area contributed by atoms with E-state index in [0.29, 0.717) is 24.1 Å². The van der Waals surface area contributed by atoms with E-state index in [1.54, 1.807) is 6.33 Å². The molecule has 0 amide bonds. The van der Waals surface area contributed by atoms with Gasteiger partial charge in [0.1, 0.15) is 12.1 Å². The second-order valence-corrected chi connectivity index (χ2v) is 8.78. The fraction of sp³-hybridized carbons (Fsp3) is 0.478. The Hall–Kier alpha value is -2.80. The van der Waals surface area contributed by atoms with Gasteiger partial charge in [-0.25, -0.2) is 19.9 Å². The molecule has 3 aromatic rings. The lowest BCUT2D eigenvalue weighted by atomic mass is 9.90. The lowest BCUT2D eigenvalue weighted by molar-refractivity contribution is 0.221. The number of benzene rings is 1. The summed E-state index contributed by atoms with van der Waals surface area (Å²) in [6, 6.07) is 7.98. The minimum absolute atomic E-state index is 0.457. The summed E-state index contributed by atoms with van der Waals surface area (Å²) in [5, 5.41) is 8.07. The van der Waals surface area contributed by atoms with Gasteiger partial charge in [0.2, 0.25) is 5.95 Å². The quantitative estimate of drug-likeness (QED) is 0.645. The first-order chi connectivity index (χ1) is 14.7. The number of nitrogens with one attached hydrogen (secondary N) is 2. The molecule has 0 bridgehead atoms. The van der Waals surface area contributed by atoms with Crippen LogP contribution in [0.1, 0.15) is 38.5 Å². The molecule has 0 spiro atoms. The molecule has 0 atom stereocenters. The average molecular weight is 404 g/mol. The van der Waals surface area contributed by atoms with Crippen LogP contribution in [0, 0.1) is 0 Å². The van der Waals surface area contributed by atoms with Crippen molar-refractivity contribution in [2.24, 2.45) is 0 Å². The van der Waals surface area contributed by atoms with Crippen molar-refractivity contribution in [3.8, 4) is 11.1 Å². The number of nitrogens with zero attached hydrogens (tertiary/aromatic N) is 5. The zero-order valence-corrected chi connectivity index (χ0v) is 17.7. The van der Waals surface area contributed by atoms with Gasteiger partial charge in [0, 0.05) is 41.5 Å². The first-order valence-electron chi connectivity index (χ1n) is 10.9. The maximum Gasteiger partial charge on any atom is 0.222 e. The molecule has 7 nitrogen and oxygen atoms in total. The van der Waals surface area contributed by atoms with Crippen molar-refractivity contribution in [2.45, 2.75) is 56.7 Å². The maximum atomic E-state index is 4.57. The van der Waals surface area contributed by atoms with Crippen molar-refractivity contribution in [1.29, 1.82) is 0 Å². The van der Waals surface area contributed by atoms with Crippen molar-refractivity contribution >= 4 is 22.7 Å². The predicted octanol–water partition coefficient (Wildman–Crippen LogP) is 3.95. The topological polar surface area (TPSA) is 78.9 Å². The molecule has 1 aromatic carbocycles. The molecule has 7 heteroatoms. The molecule has 2 heterocycles. The molecule has 30 heavy (non-hydrogen) atoms. The minimum atomic E-state index is 0.457. The van der Waals surface area contributed by atoms with E-state index in [2.05, 4.69) is 67.8 Å². The summed E-state index contributed by atoms with van der Waals surface area (Å²) in [7, 11) is 4.35. The van der Waals surface area contributed by atoms with E-state index in [0.717, 1.165) is 40.7 Å². The SMILES string of the molecule is CN(C)C1CCC(Nc2ncnc3ccc(-c4cnc(NC5CC5)nc4)cc23)CC1. The zero-order chi connectivity index (χ0) is 20.5.